The summed E-state index contributed by atoms with van der Waals surface area (Å²) in [5.41, 5.74) is 1.17. The molecular formula is C23H38O. The van der Waals surface area contributed by atoms with E-state index < -0.39 is 0 Å². The average molecular weight is 331 g/mol. The molecule has 0 amide bonds. The highest BCUT2D eigenvalue weighted by molar-refractivity contribution is 5.60. The van der Waals surface area contributed by atoms with Crippen molar-refractivity contribution in [1.82, 2.24) is 0 Å². The standard InChI is InChI=1S/C23H38O/c1-3-5-7-9-14-18-23(21-24,19-15-10-8-6-4-2)20-22-16-12-11-13-17-22/h11-13,16-17,21H,3-10,14-15,18-20H2,1-2H3. The molecule has 0 fully saturated rings. The van der Waals surface area contributed by atoms with Crippen molar-refractivity contribution in [2.75, 3.05) is 0 Å². The summed E-state index contributed by atoms with van der Waals surface area (Å²) in [6, 6.07) is 10.6. The number of unbranched alkanes of at least 4 members (excludes halogenated alkanes) is 8. The van der Waals surface area contributed by atoms with Crippen molar-refractivity contribution < 1.29 is 4.79 Å². The Morgan fingerprint density at radius 3 is 1.71 bits per heavy atom. The summed E-state index contributed by atoms with van der Waals surface area (Å²) < 4.78 is 0. The topological polar surface area (TPSA) is 17.1 Å². The molecule has 1 heteroatoms. The Hall–Kier alpha value is -1.11. The van der Waals surface area contributed by atoms with E-state index in [4.69, 9.17) is 0 Å². The zero-order chi connectivity index (χ0) is 17.5. The largest absolute Gasteiger partial charge is 0.303 e. The first-order valence-corrected chi connectivity index (χ1v) is 10.3. The summed E-state index contributed by atoms with van der Waals surface area (Å²) in [5.74, 6) is 0. The van der Waals surface area contributed by atoms with Crippen LogP contribution in [0.3, 0.4) is 0 Å². The van der Waals surface area contributed by atoms with Crippen LogP contribution in [0.4, 0.5) is 0 Å². The van der Waals surface area contributed by atoms with Gasteiger partial charge in [-0.25, -0.2) is 0 Å². The molecule has 0 aliphatic carbocycles. The molecule has 0 heterocycles. The van der Waals surface area contributed by atoms with E-state index in [-0.39, 0.29) is 5.41 Å². The molecule has 24 heavy (non-hydrogen) atoms. The second-order valence-corrected chi connectivity index (χ2v) is 7.47. The lowest BCUT2D eigenvalue weighted by Gasteiger charge is -2.28. The van der Waals surface area contributed by atoms with Crippen molar-refractivity contribution in [1.29, 1.82) is 0 Å². The fraction of sp³-hybridized carbons (Fsp3) is 0.696. The van der Waals surface area contributed by atoms with E-state index in [0.717, 1.165) is 19.3 Å². The van der Waals surface area contributed by atoms with E-state index in [1.807, 2.05) is 0 Å². The first-order valence-electron chi connectivity index (χ1n) is 10.3. The van der Waals surface area contributed by atoms with Crippen molar-refractivity contribution in [3.63, 3.8) is 0 Å². The minimum Gasteiger partial charge on any atom is -0.303 e. The Kier molecular flexibility index (Phi) is 11.5. The van der Waals surface area contributed by atoms with Crippen molar-refractivity contribution >= 4 is 6.29 Å². The fourth-order valence-electron chi connectivity index (χ4n) is 3.62. The highest BCUT2D eigenvalue weighted by atomic mass is 16.1. The molecule has 0 atom stereocenters. The van der Waals surface area contributed by atoms with Crippen LogP contribution in [0.2, 0.25) is 0 Å². The van der Waals surface area contributed by atoms with Crippen LogP contribution in [0.1, 0.15) is 96.5 Å². The minimum atomic E-state index is -0.139. The van der Waals surface area contributed by atoms with E-state index in [1.165, 1.54) is 76.1 Å². The predicted octanol–water partition coefficient (Wildman–Crippen LogP) is 7.14. The molecule has 0 aromatic heterocycles. The van der Waals surface area contributed by atoms with Gasteiger partial charge in [0.2, 0.25) is 0 Å². The monoisotopic (exact) mass is 330 g/mol. The van der Waals surface area contributed by atoms with Gasteiger partial charge >= 0.3 is 0 Å². The van der Waals surface area contributed by atoms with Crippen LogP contribution in [-0.4, -0.2) is 6.29 Å². The Morgan fingerprint density at radius 1 is 0.750 bits per heavy atom. The Morgan fingerprint density at radius 2 is 1.25 bits per heavy atom. The maximum absolute atomic E-state index is 12.1. The molecule has 0 N–H and O–H groups in total. The van der Waals surface area contributed by atoms with Gasteiger partial charge in [0.25, 0.3) is 0 Å². The van der Waals surface area contributed by atoms with Gasteiger partial charge in [0, 0.05) is 5.41 Å². The molecule has 136 valence electrons. The lowest BCUT2D eigenvalue weighted by Crippen LogP contribution is -2.26. The van der Waals surface area contributed by atoms with Crippen LogP contribution < -0.4 is 0 Å². The van der Waals surface area contributed by atoms with E-state index in [2.05, 4.69) is 44.2 Å². The summed E-state index contributed by atoms with van der Waals surface area (Å²) in [4.78, 5) is 12.1. The number of hydrogen-bond donors (Lipinski definition) is 0. The highest BCUT2D eigenvalue weighted by Crippen LogP contribution is 2.34. The highest BCUT2D eigenvalue weighted by Gasteiger charge is 2.29. The minimum absolute atomic E-state index is 0.139. The van der Waals surface area contributed by atoms with Crippen molar-refractivity contribution in [3.8, 4) is 0 Å². The molecular weight excluding hydrogens is 292 g/mol. The molecule has 1 rings (SSSR count). The normalized spacial score (nSPS) is 11.6. The maximum atomic E-state index is 12.1. The van der Waals surface area contributed by atoms with Crippen molar-refractivity contribution in [2.45, 2.75) is 97.3 Å². The van der Waals surface area contributed by atoms with Gasteiger partial charge in [-0.1, -0.05) is 108 Å². The molecule has 1 aromatic carbocycles. The van der Waals surface area contributed by atoms with Gasteiger partial charge in [-0.15, -0.1) is 0 Å². The van der Waals surface area contributed by atoms with Gasteiger partial charge in [0.05, 0.1) is 0 Å². The Balaban J connectivity index is 2.58. The third-order valence-corrected chi connectivity index (χ3v) is 5.21. The molecule has 0 unspecified atom stereocenters. The van der Waals surface area contributed by atoms with Gasteiger partial charge in [-0.3, -0.25) is 0 Å². The third-order valence-electron chi connectivity index (χ3n) is 5.21. The number of carbonyl (C=O) groups excluding carboxylic acids is 1. The summed E-state index contributed by atoms with van der Waals surface area (Å²) in [7, 11) is 0. The van der Waals surface area contributed by atoms with Crippen LogP contribution in [0.15, 0.2) is 30.3 Å². The van der Waals surface area contributed by atoms with Gasteiger partial charge in [-0.05, 0) is 24.8 Å². The molecule has 0 aliphatic heterocycles. The SMILES string of the molecule is CCCCCCCC(C=O)(CCCCCCC)Cc1ccccc1. The van der Waals surface area contributed by atoms with Gasteiger partial charge in [-0.2, -0.15) is 0 Å². The summed E-state index contributed by atoms with van der Waals surface area (Å²) in [5, 5.41) is 0. The number of benzene rings is 1. The summed E-state index contributed by atoms with van der Waals surface area (Å²) in [6.45, 7) is 4.50. The Labute approximate surface area is 150 Å². The van der Waals surface area contributed by atoms with Crippen LogP contribution >= 0.6 is 0 Å². The van der Waals surface area contributed by atoms with E-state index in [9.17, 15) is 4.79 Å². The van der Waals surface area contributed by atoms with Gasteiger partial charge in [0.15, 0.2) is 0 Å². The molecule has 0 saturated carbocycles. The number of aldehydes is 1. The summed E-state index contributed by atoms with van der Waals surface area (Å²) in [6.07, 6.45) is 17.1. The molecule has 0 radical (unpaired) electrons. The third kappa shape index (κ3) is 8.66. The smallest absolute Gasteiger partial charge is 0.126 e. The predicted molar refractivity (Wildman–Crippen MR) is 105 cm³/mol. The van der Waals surface area contributed by atoms with E-state index in [0.29, 0.717) is 0 Å². The number of hydrogen-bond acceptors (Lipinski definition) is 1. The first kappa shape index (κ1) is 20.9. The molecule has 0 bridgehead atoms. The zero-order valence-electron chi connectivity index (χ0n) is 16.1. The first-order chi connectivity index (χ1) is 11.8. The summed E-state index contributed by atoms with van der Waals surface area (Å²) >= 11 is 0. The van der Waals surface area contributed by atoms with Crippen molar-refractivity contribution in [3.05, 3.63) is 35.9 Å². The van der Waals surface area contributed by atoms with Crippen molar-refractivity contribution in [2.24, 2.45) is 5.41 Å². The molecule has 1 nitrogen and oxygen atoms in total. The van der Waals surface area contributed by atoms with Gasteiger partial charge < -0.3 is 4.79 Å². The number of carbonyl (C=O) groups is 1. The maximum Gasteiger partial charge on any atom is 0.126 e. The van der Waals surface area contributed by atoms with Crippen LogP contribution in [0, 0.1) is 5.41 Å². The second kappa shape index (κ2) is 13.2. The molecule has 0 aliphatic rings. The number of rotatable bonds is 15. The average Bonchev–Trinajstić information content (AvgIpc) is 2.62. The lowest BCUT2D eigenvalue weighted by atomic mass is 9.74. The Bertz CT molecular complexity index is 395. The molecule has 0 spiro atoms. The molecule has 0 saturated heterocycles. The van der Waals surface area contributed by atoms with E-state index in [1.54, 1.807) is 0 Å². The quantitative estimate of drug-likeness (QED) is 0.247. The van der Waals surface area contributed by atoms with Crippen LogP contribution in [0.25, 0.3) is 0 Å². The second-order valence-electron chi connectivity index (χ2n) is 7.47. The van der Waals surface area contributed by atoms with Gasteiger partial charge in [0.1, 0.15) is 6.29 Å². The zero-order valence-corrected chi connectivity index (χ0v) is 16.1. The van der Waals surface area contributed by atoms with Crippen LogP contribution in [-0.2, 0) is 11.2 Å². The van der Waals surface area contributed by atoms with Crippen LogP contribution in [0.5, 0.6) is 0 Å². The van der Waals surface area contributed by atoms with E-state index >= 15 is 0 Å². The molecule has 1 aromatic rings. The lowest BCUT2D eigenvalue weighted by molar-refractivity contribution is -0.117. The fourth-order valence-corrected chi connectivity index (χ4v) is 3.62.